The van der Waals surface area contributed by atoms with Crippen molar-refractivity contribution in [1.82, 2.24) is 5.32 Å². The van der Waals surface area contributed by atoms with E-state index < -0.39 is 58.4 Å². The van der Waals surface area contributed by atoms with Crippen molar-refractivity contribution in [1.29, 1.82) is 0 Å². The van der Waals surface area contributed by atoms with Gasteiger partial charge in [0.05, 0.1) is 5.56 Å². The van der Waals surface area contributed by atoms with Gasteiger partial charge in [0, 0.05) is 18.5 Å². The summed E-state index contributed by atoms with van der Waals surface area (Å²) >= 11 is 7.69. The van der Waals surface area contributed by atoms with Crippen LogP contribution in [0.1, 0.15) is 63.3 Å². The molecule has 0 saturated carbocycles. The fourth-order valence-corrected chi connectivity index (χ4v) is 5.63. The molecule has 0 aliphatic carbocycles. The standard InChI is InChI=1S/C17H25NO4S.C12H10F3NO3.C9H6Br2O2/c1-12-5-7-13(8-6-12)11-23-10-9-17(18,14(19)20)15(21)22-16(2,3)4;1-7(17)16-10(11(18)19)6-8-4-2-3-5-9(8)12(13,14)15;10-7(8(11)9(12)13)6-4-2-1-3-5-6/h5-8H,9-11,18H2,1-4H3,(H,19,20);2-6H,1H3,(H,16,17)(H,18,19);1-5H,(H,12,13)/i2D;;. The van der Waals surface area contributed by atoms with E-state index in [0.29, 0.717) is 16.0 Å². The molecule has 1 unspecified atom stereocenters. The van der Waals surface area contributed by atoms with Gasteiger partial charge in [-0.05, 0) is 101 Å². The largest absolute Gasteiger partial charge is 0.479 e. The molecule has 0 fully saturated rings. The van der Waals surface area contributed by atoms with Gasteiger partial charge in [-0.2, -0.15) is 24.9 Å². The van der Waals surface area contributed by atoms with E-state index >= 15 is 0 Å². The van der Waals surface area contributed by atoms with Crippen LogP contribution in [0.5, 0.6) is 0 Å². The van der Waals surface area contributed by atoms with Crippen LogP contribution in [0.4, 0.5) is 13.2 Å². The zero-order valence-corrected chi connectivity index (χ0v) is 34.1. The number of carbonyl (C=O) groups is 5. The van der Waals surface area contributed by atoms with Crippen LogP contribution in [0.15, 0.2) is 89.0 Å². The molecular weight excluding hydrogens is 877 g/mol. The summed E-state index contributed by atoms with van der Waals surface area (Å²) < 4.78 is 51.2. The van der Waals surface area contributed by atoms with Crippen LogP contribution in [-0.2, 0) is 40.6 Å². The maximum atomic E-state index is 12.7. The molecule has 0 bridgehead atoms. The number of carboxylic acids is 3. The van der Waals surface area contributed by atoms with Gasteiger partial charge in [-0.25, -0.2) is 19.2 Å². The molecule has 3 aromatic carbocycles. The van der Waals surface area contributed by atoms with Gasteiger partial charge >= 0.3 is 30.1 Å². The summed E-state index contributed by atoms with van der Waals surface area (Å²) in [5.74, 6) is -4.48. The van der Waals surface area contributed by atoms with Gasteiger partial charge < -0.3 is 31.1 Å². The number of nitrogens with two attached hydrogens (primary N) is 1. The molecular formula is C38H41Br2F3N2O9S. The molecule has 1 atom stereocenters. The first-order chi connectivity index (χ1) is 25.9. The van der Waals surface area contributed by atoms with Gasteiger partial charge in [0.1, 0.15) is 15.8 Å². The summed E-state index contributed by atoms with van der Waals surface area (Å²) in [6.45, 7) is 6.00. The number of hydrogen-bond donors (Lipinski definition) is 5. The van der Waals surface area contributed by atoms with Gasteiger partial charge in [-0.3, -0.25) is 4.79 Å². The number of carboxylic acid groups (broad SMARTS) is 3. The van der Waals surface area contributed by atoms with E-state index in [1.165, 1.54) is 29.5 Å². The van der Waals surface area contributed by atoms with Crippen molar-refractivity contribution < 1.29 is 58.6 Å². The number of amides is 1. The van der Waals surface area contributed by atoms with Crippen LogP contribution >= 0.6 is 43.6 Å². The lowest BCUT2D eigenvalue weighted by Crippen LogP contribution is -2.57. The number of ether oxygens (including phenoxy) is 1. The smallest absolute Gasteiger partial charge is 0.416 e. The van der Waals surface area contributed by atoms with Gasteiger partial charge in [0.25, 0.3) is 0 Å². The van der Waals surface area contributed by atoms with E-state index in [4.69, 9.17) is 22.1 Å². The van der Waals surface area contributed by atoms with Crippen LogP contribution in [-0.4, -0.2) is 62.0 Å². The van der Waals surface area contributed by atoms with Crippen LogP contribution in [0, 0.1) is 6.92 Å². The van der Waals surface area contributed by atoms with E-state index in [1.54, 1.807) is 13.8 Å². The van der Waals surface area contributed by atoms with Gasteiger partial charge in [-0.15, -0.1) is 0 Å². The minimum absolute atomic E-state index is 0.0359. The maximum Gasteiger partial charge on any atom is 0.416 e. The molecule has 298 valence electrons. The Morgan fingerprint density at radius 3 is 1.96 bits per heavy atom. The van der Waals surface area contributed by atoms with Crippen molar-refractivity contribution in [2.24, 2.45) is 5.73 Å². The lowest BCUT2D eigenvalue weighted by Gasteiger charge is -2.28. The molecule has 3 aromatic rings. The molecule has 17 heteroatoms. The molecule has 0 aliphatic heterocycles. The third kappa shape index (κ3) is 17.7. The van der Waals surface area contributed by atoms with Crippen LogP contribution in [0.3, 0.4) is 0 Å². The number of thioether (sulfide) groups is 1. The first-order valence-corrected chi connectivity index (χ1v) is 18.6. The van der Waals surface area contributed by atoms with E-state index in [0.717, 1.165) is 36.3 Å². The second-order valence-corrected chi connectivity index (χ2v) is 14.8. The Morgan fingerprint density at radius 1 is 0.909 bits per heavy atom. The van der Waals surface area contributed by atoms with Crippen LogP contribution in [0.2, 0.25) is 0 Å². The number of aliphatic carboxylic acids is 3. The molecule has 0 radical (unpaired) electrons. The summed E-state index contributed by atoms with van der Waals surface area (Å²) in [7, 11) is 0. The number of alkyl halides is 3. The molecule has 0 aliphatic rings. The molecule has 55 heavy (non-hydrogen) atoms. The minimum atomic E-state index is -4.60. The second-order valence-electron chi connectivity index (χ2n) is 12.1. The molecule has 0 heterocycles. The zero-order valence-electron chi connectivity index (χ0n) is 31.1. The van der Waals surface area contributed by atoms with Crippen molar-refractivity contribution in [3.63, 3.8) is 0 Å². The molecule has 11 nitrogen and oxygen atoms in total. The number of aryl methyl sites for hydroxylation is 1. The summed E-state index contributed by atoms with van der Waals surface area (Å²) in [5.41, 5.74) is 3.85. The highest BCUT2D eigenvalue weighted by Gasteiger charge is 2.45. The Bertz CT molecular complexity index is 1890. The number of rotatable bonds is 12. The van der Waals surface area contributed by atoms with Crippen molar-refractivity contribution in [2.75, 3.05) is 5.75 Å². The Balaban J connectivity index is 0.000000438. The number of benzene rings is 3. The predicted octanol–water partition coefficient (Wildman–Crippen LogP) is 8.24. The van der Waals surface area contributed by atoms with E-state index in [9.17, 15) is 42.3 Å². The summed E-state index contributed by atoms with van der Waals surface area (Å²) in [5, 5.41) is 28.8. The zero-order chi connectivity index (χ0) is 42.9. The first kappa shape index (κ1) is 46.7. The lowest BCUT2D eigenvalue weighted by molar-refractivity contribution is -0.169. The van der Waals surface area contributed by atoms with Crippen molar-refractivity contribution in [3.8, 4) is 0 Å². The van der Waals surface area contributed by atoms with Gasteiger partial charge in [-0.1, -0.05) is 78.4 Å². The predicted molar refractivity (Wildman–Crippen MR) is 212 cm³/mol. The average Bonchev–Trinajstić information content (AvgIpc) is 3.13. The minimum Gasteiger partial charge on any atom is -0.479 e. The monoisotopic (exact) mass is 917 g/mol. The Hall–Kier alpha value is -4.45. The average molecular weight is 920 g/mol. The first-order valence-electron chi connectivity index (χ1n) is 16.6. The van der Waals surface area contributed by atoms with Crippen molar-refractivity contribution >= 4 is 84.0 Å². The third-order valence-corrected chi connectivity index (χ3v) is 9.81. The van der Waals surface area contributed by atoms with Crippen LogP contribution in [0.25, 0.3) is 10.6 Å². The van der Waals surface area contributed by atoms with E-state index in [2.05, 4.69) is 31.9 Å². The normalized spacial score (nSPS) is 13.2. The fraction of sp³-hybridized carbons (Fsp3) is 0.289. The number of hydrogen-bond acceptors (Lipinski definition) is 8. The highest BCUT2D eigenvalue weighted by molar-refractivity contribution is 9.16. The molecule has 3 rings (SSSR count). The van der Waals surface area contributed by atoms with E-state index in [1.807, 2.05) is 66.8 Å². The maximum absolute atomic E-state index is 12.7. The topological polar surface area (TPSA) is 193 Å². The molecule has 6 N–H and O–H groups in total. The summed E-state index contributed by atoms with van der Waals surface area (Å²) in [6, 6.07) is 21.8. The summed E-state index contributed by atoms with van der Waals surface area (Å²) in [6.07, 6.45) is -3.87. The second kappa shape index (κ2) is 22.2. The quantitative estimate of drug-likeness (QED) is 0.0509. The highest BCUT2D eigenvalue weighted by atomic mass is 79.9. The Morgan fingerprint density at radius 2 is 1.47 bits per heavy atom. The molecule has 0 spiro atoms. The molecule has 0 aromatic heterocycles. The molecule has 1 amide bonds. The van der Waals surface area contributed by atoms with Gasteiger partial charge in [0.2, 0.25) is 11.4 Å². The Labute approximate surface area is 338 Å². The number of esters is 1. The number of nitrogens with one attached hydrogen (secondary N) is 1. The number of carbonyl (C=O) groups excluding carboxylic acids is 2. The number of halogens is 5. The van der Waals surface area contributed by atoms with Crippen LogP contribution < -0.4 is 11.1 Å². The molecule has 0 saturated heterocycles. The highest BCUT2D eigenvalue weighted by Crippen LogP contribution is 2.33. The Kier molecular flexibility index (Phi) is 18.8. The SMILES string of the molecule is CC(=O)NC(=Cc1ccccc1C(F)(F)F)C(=O)O.O=C(O)C(Br)=C(Br)c1ccccc1.[2H]CC(C)(C)OC(=O)C(N)(CCSCc1ccc(C)cc1)C(=O)O. The summed E-state index contributed by atoms with van der Waals surface area (Å²) in [4.78, 5) is 55.8. The van der Waals surface area contributed by atoms with Crippen molar-refractivity contribution in [3.05, 3.63) is 117 Å². The fourth-order valence-electron chi connectivity index (χ4n) is 3.93. The van der Waals surface area contributed by atoms with Crippen molar-refractivity contribution in [2.45, 2.75) is 64.1 Å². The third-order valence-electron chi connectivity index (χ3n) is 6.66. The van der Waals surface area contributed by atoms with Gasteiger partial charge in [0.15, 0.2) is 0 Å². The van der Waals surface area contributed by atoms with E-state index in [-0.39, 0.29) is 23.4 Å². The lowest BCUT2D eigenvalue weighted by atomic mass is 9.97.